The molecule has 158 valence electrons. The minimum atomic E-state index is -0.739. The lowest BCUT2D eigenvalue weighted by molar-refractivity contribution is -0.139. The number of ether oxygens (including phenoxy) is 1. The number of halogens is 2. The van der Waals surface area contributed by atoms with Gasteiger partial charge < -0.3 is 4.74 Å². The summed E-state index contributed by atoms with van der Waals surface area (Å²) in [4.78, 5) is 31.4. The van der Waals surface area contributed by atoms with E-state index < -0.39 is 12.0 Å². The molecule has 0 saturated heterocycles. The molecule has 8 heteroatoms. The normalized spacial score (nSPS) is 16.1. The van der Waals surface area contributed by atoms with Crippen LogP contribution in [0.25, 0.3) is 6.08 Å². The minimum Gasteiger partial charge on any atom is -0.463 e. The molecule has 2 heterocycles. The van der Waals surface area contributed by atoms with Gasteiger partial charge in [-0.05, 0) is 43.2 Å². The van der Waals surface area contributed by atoms with E-state index in [0.29, 0.717) is 36.2 Å². The summed E-state index contributed by atoms with van der Waals surface area (Å²) >= 11 is 14.0. The van der Waals surface area contributed by atoms with Crippen LogP contribution >= 0.6 is 34.5 Å². The summed E-state index contributed by atoms with van der Waals surface area (Å²) in [6.45, 7) is 3.68. The maximum absolute atomic E-state index is 13.5. The van der Waals surface area contributed by atoms with Crippen LogP contribution in [-0.4, -0.2) is 17.1 Å². The van der Waals surface area contributed by atoms with Gasteiger partial charge in [0.15, 0.2) is 4.80 Å². The van der Waals surface area contributed by atoms with E-state index in [0.717, 1.165) is 5.56 Å². The topological polar surface area (TPSA) is 60.7 Å². The van der Waals surface area contributed by atoms with E-state index in [4.69, 9.17) is 27.9 Å². The molecule has 0 spiro atoms. The number of hydrogen-bond acceptors (Lipinski definition) is 5. The van der Waals surface area contributed by atoms with Crippen molar-refractivity contribution in [1.29, 1.82) is 0 Å². The summed E-state index contributed by atoms with van der Waals surface area (Å²) in [6.07, 6.45) is 1.74. The molecule has 0 fully saturated rings. The SMILES string of the molecule is CCOC(=O)C1=C(C)N=c2sc(=Cc3ccccc3Cl)c(=O)n2[C@@H]1c1ccccc1Cl. The Balaban J connectivity index is 2.00. The van der Waals surface area contributed by atoms with Crippen molar-refractivity contribution in [2.45, 2.75) is 19.9 Å². The molecule has 5 nitrogen and oxygen atoms in total. The third-order valence-corrected chi connectivity index (χ3v) is 6.58. The van der Waals surface area contributed by atoms with Crippen LogP contribution in [0, 0.1) is 0 Å². The highest BCUT2D eigenvalue weighted by Crippen LogP contribution is 2.34. The first-order valence-electron chi connectivity index (χ1n) is 9.61. The Labute approximate surface area is 192 Å². The highest BCUT2D eigenvalue weighted by molar-refractivity contribution is 7.07. The van der Waals surface area contributed by atoms with E-state index >= 15 is 0 Å². The Morgan fingerprint density at radius 3 is 2.52 bits per heavy atom. The third-order valence-electron chi connectivity index (χ3n) is 4.91. The van der Waals surface area contributed by atoms with Gasteiger partial charge in [0, 0.05) is 10.0 Å². The number of esters is 1. The number of nitrogens with zero attached hydrogens (tertiary/aromatic N) is 2. The summed E-state index contributed by atoms with van der Waals surface area (Å²) in [7, 11) is 0. The second-order valence-corrected chi connectivity index (χ2v) is 8.67. The van der Waals surface area contributed by atoms with Gasteiger partial charge in [0.2, 0.25) is 0 Å². The summed E-state index contributed by atoms with van der Waals surface area (Å²) in [5.41, 5.74) is 1.88. The molecule has 0 aliphatic carbocycles. The standard InChI is InChI=1S/C23H18Cl2N2O3S/c1-3-30-22(29)19-13(2)26-23-27(20(19)15-9-5-7-11-17(15)25)21(28)18(31-23)12-14-8-4-6-10-16(14)24/h4-12,20H,3H2,1-2H3/t20-/m1/s1. The summed E-state index contributed by atoms with van der Waals surface area (Å²) in [6, 6.07) is 13.7. The zero-order valence-electron chi connectivity index (χ0n) is 16.8. The van der Waals surface area contributed by atoms with Crippen LogP contribution in [0.15, 0.2) is 69.6 Å². The summed E-state index contributed by atoms with van der Waals surface area (Å²) < 4.78 is 7.25. The quantitative estimate of drug-likeness (QED) is 0.536. The lowest BCUT2D eigenvalue weighted by Gasteiger charge is -2.25. The molecular formula is C23H18Cl2N2O3S. The van der Waals surface area contributed by atoms with Crippen molar-refractivity contribution >= 4 is 46.6 Å². The van der Waals surface area contributed by atoms with Gasteiger partial charge in [0.05, 0.1) is 22.4 Å². The Bertz CT molecular complexity index is 1390. The van der Waals surface area contributed by atoms with Crippen LogP contribution in [-0.2, 0) is 9.53 Å². The Hall–Kier alpha value is -2.67. The average molecular weight is 473 g/mol. The van der Waals surface area contributed by atoms with Crippen molar-refractivity contribution in [1.82, 2.24) is 4.57 Å². The maximum Gasteiger partial charge on any atom is 0.338 e. The van der Waals surface area contributed by atoms with Gasteiger partial charge in [-0.15, -0.1) is 0 Å². The van der Waals surface area contributed by atoms with E-state index in [1.54, 1.807) is 44.2 Å². The number of carbonyl (C=O) groups excluding carboxylic acids is 1. The molecule has 1 aliphatic rings. The van der Waals surface area contributed by atoms with Crippen molar-refractivity contribution < 1.29 is 9.53 Å². The number of allylic oxidation sites excluding steroid dienone is 1. The monoisotopic (exact) mass is 472 g/mol. The lowest BCUT2D eigenvalue weighted by atomic mass is 9.96. The largest absolute Gasteiger partial charge is 0.463 e. The van der Waals surface area contributed by atoms with Gasteiger partial charge in [0.1, 0.15) is 6.04 Å². The molecule has 2 aromatic carbocycles. The lowest BCUT2D eigenvalue weighted by Crippen LogP contribution is -2.40. The average Bonchev–Trinajstić information content (AvgIpc) is 3.04. The maximum atomic E-state index is 13.5. The molecule has 1 aliphatic heterocycles. The van der Waals surface area contributed by atoms with Crippen LogP contribution in [0.5, 0.6) is 0 Å². The second kappa shape index (κ2) is 8.83. The molecular weight excluding hydrogens is 455 g/mol. The van der Waals surface area contributed by atoms with Crippen molar-refractivity contribution in [2.24, 2.45) is 4.99 Å². The van der Waals surface area contributed by atoms with Crippen molar-refractivity contribution in [2.75, 3.05) is 6.61 Å². The Morgan fingerprint density at radius 1 is 1.16 bits per heavy atom. The van der Waals surface area contributed by atoms with E-state index in [2.05, 4.69) is 4.99 Å². The number of aromatic nitrogens is 1. The predicted octanol–water partition coefficient (Wildman–Crippen LogP) is 4.11. The van der Waals surface area contributed by atoms with E-state index in [9.17, 15) is 9.59 Å². The van der Waals surface area contributed by atoms with Gasteiger partial charge in [0.25, 0.3) is 5.56 Å². The van der Waals surface area contributed by atoms with Crippen molar-refractivity contribution in [3.05, 3.63) is 101 Å². The molecule has 1 aromatic heterocycles. The fraction of sp³-hybridized carbons (Fsp3) is 0.174. The van der Waals surface area contributed by atoms with Gasteiger partial charge in [-0.2, -0.15) is 0 Å². The zero-order valence-corrected chi connectivity index (χ0v) is 19.1. The van der Waals surface area contributed by atoms with E-state index in [1.165, 1.54) is 15.9 Å². The molecule has 0 saturated carbocycles. The third kappa shape index (κ3) is 3.99. The van der Waals surface area contributed by atoms with Crippen molar-refractivity contribution in [3.8, 4) is 0 Å². The molecule has 31 heavy (non-hydrogen) atoms. The Kier molecular flexibility index (Phi) is 6.14. The molecule has 0 bridgehead atoms. The van der Waals surface area contributed by atoms with Crippen LogP contribution in [0.2, 0.25) is 10.0 Å². The minimum absolute atomic E-state index is 0.210. The summed E-state index contributed by atoms with van der Waals surface area (Å²) in [5, 5.41) is 0.990. The number of carbonyl (C=O) groups is 1. The van der Waals surface area contributed by atoms with E-state index in [1.807, 2.05) is 24.3 Å². The molecule has 1 atom stereocenters. The molecule has 0 N–H and O–H groups in total. The Morgan fingerprint density at radius 2 is 1.84 bits per heavy atom. The number of hydrogen-bond donors (Lipinski definition) is 0. The van der Waals surface area contributed by atoms with Crippen LogP contribution in [0.1, 0.15) is 31.0 Å². The summed E-state index contributed by atoms with van der Waals surface area (Å²) in [5.74, 6) is -0.519. The number of thiazole rings is 1. The van der Waals surface area contributed by atoms with Gasteiger partial charge in [-0.1, -0.05) is 70.9 Å². The molecule has 4 rings (SSSR count). The smallest absolute Gasteiger partial charge is 0.338 e. The predicted molar refractivity (Wildman–Crippen MR) is 123 cm³/mol. The number of benzene rings is 2. The molecule has 0 unspecified atom stereocenters. The fourth-order valence-corrected chi connectivity index (χ4v) is 4.98. The first-order valence-corrected chi connectivity index (χ1v) is 11.2. The second-order valence-electron chi connectivity index (χ2n) is 6.85. The zero-order chi connectivity index (χ0) is 22.1. The van der Waals surface area contributed by atoms with Gasteiger partial charge in [-0.25, -0.2) is 9.79 Å². The molecule has 0 amide bonds. The van der Waals surface area contributed by atoms with Gasteiger partial charge >= 0.3 is 5.97 Å². The van der Waals surface area contributed by atoms with Crippen LogP contribution in [0.3, 0.4) is 0 Å². The van der Waals surface area contributed by atoms with Gasteiger partial charge in [-0.3, -0.25) is 9.36 Å². The van der Waals surface area contributed by atoms with Crippen LogP contribution < -0.4 is 14.9 Å². The molecule has 0 radical (unpaired) electrons. The highest BCUT2D eigenvalue weighted by Gasteiger charge is 2.34. The van der Waals surface area contributed by atoms with Crippen molar-refractivity contribution in [3.63, 3.8) is 0 Å². The van der Waals surface area contributed by atoms with E-state index in [-0.39, 0.29) is 12.2 Å². The number of rotatable bonds is 4. The highest BCUT2D eigenvalue weighted by atomic mass is 35.5. The first kappa shape index (κ1) is 21.6. The van der Waals surface area contributed by atoms with Crippen LogP contribution in [0.4, 0.5) is 0 Å². The first-order chi connectivity index (χ1) is 14.9. The fourth-order valence-electron chi connectivity index (χ4n) is 3.52. The molecule has 3 aromatic rings. The number of fused-ring (bicyclic) bond motifs is 1.